The van der Waals surface area contributed by atoms with Crippen LogP contribution in [0.2, 0.25) is 0 Å². The maximum absolute atomic E-state index is 12.9. The number of benzene rings is 1. The van der Waals surface area contributed by atoms with Crippen LogP contribution in [0.15, 0.2) is 48.7 Å². The van der Waals surface area contributed by atoms with Crippen LogP contribution in [0.3, 0.4) is 0 Å². The zero-order valence-electron chi connectivity index (χ0n) is 10.7. The second-order valence-corrected chi connectivity index (χ2v) is 5.23. The van der Waals surface area contributed by atoms with E-state index in [4.69, 9.17) is 0 Å². The maximum atomic E-state index is 12.9. The first-order chi connectivity index (χ1) is 10.1. The van der Waals surface area contributed by atoms with Crippen molar-refractivity contribution in [3.63, 3.8) is 0 Å². The molecule has 1 aromatic carbocycles. The van der Waals surface area contributed by atoms with E-state index in [9.17, 15) is 14.3 Å². The van der Waals surface area contributed by atoms with Gasteiger partial charge in [0.15, 0.2) is 5.69 Å². The minimum Gasteiger partial charge on any atom is -0.476 e. The normalized spacial score (nSPS) is 10.5. The molecule has 0 saturated heterocycles. The van der Waals surface area contributed by atoms with Gasteiger partial charge in [-0.2, -0.15) is 0 Å². The average molecular weight is 300 g/mol. The van der Waals surface area contributed by atoms with Crippen LogP contribution in [-0.2, 0) is 0 Å². The molecule has 0 aliphatic rings. The molecule has 0 aliphatic carbocycles. The molecule has 21 heavy (non-hydrogen) atoms. The van der Waals surface area contributed by atoms with Crippen molar-refractivity contribution in [3.05, 3.63) is 60.2 Å². The molecule has 0 amide bonds. The number of rotatable bonds is 3. The number of carboxylic acids is 1. The van der Waals surface area contributed by atoms with Gasteiger partial charge in [0.2, 0.25) is 0 Å². The van der Waals surface area contributed by atoms with Crippen molar-refractivity contribution in [3.8, 4) is 21.1 Å². The van der Waals surface area contributed by atoms with Crippen LogP contribution in [0.25, 0.3) is 21.1 Å². The van der Waals surface area contributed by atoms with Gasteiger partial charge in [-0.25, -0.2) is 14.2 Å². The highest BCUT2D eigenvalue weighted by molar-refractivity contribution is 7.18. The van der Waals surface area contributed by atoms with Gasteiger partial charge in [0.05, 0.1) is 16.8 Å². The molecule has 2 aromatic heterocycles. The molecule has 0 aliphatic heterocycles. The summed E-state index contributed by atoms with van der Waals surface area (Å²) < 4.78 is 12.9. The first kappa shape index (κ1) is 13.4. The summed E-state index contributed by atoms with van der Waals surface area (Å²) in [6.07, 6.45) is 1.08. The Hall–Kier alpha value is -2.60. The van der Waals surface area contributed by atoms with Crippen LogP contribution in [-0.4, -0.2) is 21.0 Å². The van der Waals surface area contributed by atoms with Crippen molar-refractivity contribution in [2.45, 2.75) is 0 Å². The van der Waals surface area contributed by atoms with E-state index in [0.29, 0.717) is 15.6 Å². The van der Waals surface area contributed by atoms with Gasteiger partial charge < -0.3 is 5.11 Å². The standard InChI is InChI=1S/C15H9FN2O2S/c16-10-6-7-11(17-8-10)14-18-12(15(19)20)13(21-14)9-4-2-1-3-5-9/h1-8H,(H,19,20). The predicted octanol–water partition coefficient (Wildman–Crippen LogP) is 3.71. The van der Waals surface area contributed by atoms with E-state index in [1.807, 2.05) is 30.3 Å². The lowest BCUT2D eigenvalue weighted by molar-refractivity contribution is 0.0692. The van der Waals surface area contributed by atoms with Crippen molar-refractivity contribution < 1.29 is 14.3 Å². The Bertz CT molecular complexity index is 785. The number of carboxylic acid groups (broad SMARTS) is 1. The van der Waals surface area contributed by atoms with E-state index in [1.165, 1.54) is 23.5 Å². The Labute approximate surface area is 123 Å². The zero-order chi connectivity index (χ0) is 14.8. The minimum atomic E-state index is -1.10. The number of hydrogen-bond acceptors (Lipinski definition) is 4. The summed E-state index contributed by atoms with van der Waals surface area (Å²) in [5.41, 5.74) is 1.21. The van der Waals surface area contributed by atoms with E-state index >= 15 is 0 Å². The largest absolute Gasteiger partial charge is 0.476 e. The molecule has 0 bridgehead atoms. The van der Waals surface area contributed by atoms with Gasteiger partial charge in [-0.15, -0.1) is 11.3 Å². The van der Waals surface area contributed by atoms with Crippen LogP contribution in [0.1, 0.15) is 10.5 Å². The maximum Gasteiger partial charge on any atom is 0.356 e. The molecule has 6 heteroatoms. The molecule has 0 saturated carbocycles. The van der Waals surface area contributed by atoms with Gasteiger partial charge in [-0.3, -0.25) is 4.98 Å². The van der Waals surface area contributed by atoms with Crippen molar-refractivity contribution in [1.82, 2.24) is 9.97 Å². The molecule has 0 atom stereocenters. The highest BCUT2D eigenvalue weighted by atomic mass is 32.1. The Morgan fingerprint density at radius 1 is 1.14 bits per heavy atom. The molecule has 0 unspecified atom stereocenters. The van der Waals surface area contributed by atoms with E-state index in [-0.39, 0.29) is 5.69 Å². The molecular formula is C15H9FN2O2S. The molecule has 0 fully saturated rings. The average Bonchev–Trinajstić information content (AvgIpc) is 2.94. The number of aromatic carboxylic acids is 1. The van der Waals surface area contributed by atoms with E-state index < -0.39 is 11.8 Å². The first-order valence-corrected chi connectivity index (χ1v) is 6.88. The summed E-state index contributed by atoms with van der Waals surface area (Å²) in [6, 6.07) is 11.9. The monoisotopic (exact) mass is 300 g/mol. The second-order valence-electron chi connectivity index (χ2n) is 4.23. The Morgan fingerprint density at radius 3 is 2.52 bits per heavy atom. The number of halogens is 1. The number of hydrogen-bond donors (Lipinski definition) is 1. The smallest absolute Gasteiger partial charge is 0.356 e. The molecule has 4 nitrogen and oxygen atoms in total. The predicted molar refractivity (Wildman–Crippen MR) is 77.7 cm³/mol. The van der Waals surface area contributed by atoms with Gasteiger partial charge in [-0.05, 0) is 17.7 Å². The highest BCUT2D eigenvalue weighted by Crippen LogP contribution is 2.34. The summed E-state index contributed by atoms with van der Waals surface area (Å²) in [7, 11) is 0. The number of nitrogens with zero attached hydrogens (tertiary/aromatic N) is 2. The number of carbonyl (C=O) groups is 1. The highest BCUT2D eigenvalue weighted by Gasteiger charge is 2.19. The second kappa shape index (κ2) is 5.41. The topological polar surface area (TPSA) is 63.1 Å². The molecular weight excluding hydrogens is 291 g/mol. The fourth-order valence-corrected chi connectivity index (χ4v) is 2.90. The van der Waals surface area contributed by atoms with Gasteiger partial charge in [0.25, 0.3) is 0 Å². The summed E-state index contributed by atoms with van der Waals surface area (Å²) in [5, 5.41) is 9.75. The lowest BCUT2D eigenvalue weighted by Crippen LogP contribution is -1.98. The van der Waals surface area contributed by atoms with Gasteiger partial charge in [0, 0.05) is 0 Å². The number of aromatic nitrogens is 2. The third-order valence-electron chi connectivity index (χ3n) is 2.81. The molecule has 1 N–H and O–H groups in total. The van der Waals surface area contributed by atoms with Gasteiger partial charge in [-0.1, -0.05) is 30.3 Å². The molecule has 3 aromatic rings. The third-order valence-corrected chi connectivity index (χ3v) is 3.94. The van der Waals surface area contributed by atoms with Crippen molar-refractivity contribution in [1.29, 1.82) is 0 Å². The zero-order valence-corrected chi connectivity index (χ0v) is 11.5. The van der Waals surface area contributed by atoms with Crippen LogP contribution < -0.4 is 0 Å². The van der Waals surface area contributed by atoms with Gasteiger partial charge >= 0.3 is 5.97 Å². The van der Waals surface area contributed by atoms with Crippen molar-refractivity contribution in [2.75, 3.05) is 0 Å². The van der Waals surface area contributed by atoms with Crippen molar-refractivity contribution >= 4 is 17.3 Å². The fourth-order valence-electron chi connectivity index (χ4n) is 1.86. The molecule has 0 spiro atoms. The van der Waals surface area contributed by atoms with Crippen LogP contribution in [0.5, 0.6) is 0 Å². The lowest BCUT2D eigenvalue weighted by atomic mass is 10.1. The SMILES string of the molecule is O=C(O)c1nc(-c2ccc(F)cn2)sc1-c1ccccc1. The Balaban J connectivity index is 2.13. The van der Waals surface area contributed by atoms with Crippen LogP contribution in [0.4, 0.5) is 4.39 Å². The quantitative estimate of drug-likeness (QED) is 0.801. The van der Waals surface area contributed by atoms with E-state index in [1.54, 1.807) is 0 Å². The fraction of sp³-hybridized carbons (Fsp3) is 0. The molecule has 0 radical (unpaired) electrons. The minimum absolute atomic E-state index is 0.0210. The summed E-state index contributed by atoms with van der Waals surface area (Å²) in [6.45, 7) is 0. The molecule has 2 heterocycles. The third kappa shape index (κ3) is 2.66. The van der Waals surface area contributed by atoms with E-state index in [2.05, 4.69) is 9.97 Å². The number of pyridine rings is 1. The van der Waals surface area contributed by atoms with Crippen LogP contribution >= 0.6 is 11.3 Å². The molecule has 3 rings (SSSR count). The van der Waals surface area contributed by atoms with Crippen LogP contribution in [0, 0.1) is 5.82 Å². The summed E-state index contributed by atoms with van der Waals surface area (Å²) in [4.78, 5) is 20.0. The van der Waals surface area contributed by atoms with Gasteiger partial charge in [0.1, 0.15) is 10.8 Å². The first-order valence-electron chi connectivity index (χ1n) is 6.06. The molecule has 104 valence electrons. The Kier molecular flexibility index (Phi) is 3.45. The lowest BCUT2D eigenvalue weighted by Gasteiger charge is -1.97. The summed E-state index contributed by atoms with van der Waals surface area (Å²) >= 11 is 1.22. The van der Waals surface area contributed by atoms with Crippen molar-refractivity contribution in [2.24, 2.45) is 0 Å². The number of thiazole rings is 1. The summed E-state index contributed by atoms with van der Waals surface area (Å²) in [5.74, 6) is -1.55. The Morgan fingerprint density at radius 2 is 1.90 bits per heavy atom. The van der Waals surface area contributed by atoms with E-state index in [0.717, 1.165) is 11.8 Å².